The fraction of sp³-hybridized carbons (Fsp3) is 0. The van der Waals surface area contributed by atoms with Crippen LogP contribution in [0.3, 0.4) is 0 Å². The van der Waals surface area contributed by atoms with E-state index in [0.29, 0.717) is 29.9 Å². The van der Waals surface area contributed by atoms with Gasteiger partial charge in [-0.05, 0) is 0 Å². The molecule has 0 radical (unpaired) electrons. The fourth-order valence-corrected chi connectivity index (χ4v) is 7.67. The van der Waals surface area contributed by atoms with Gasteiger partial charge in [0.1, 0.15) is 0 Å². The van der Waals surface area contributed by atoms with Crippen molar-refractivity contribution in [1.82, 2.24) is 4.98 Å². The molecule has 1 aromatic heterocycles. The summed E-state index contributed by atoms with van der Waals surface area (Å²) in [5.41, 5.74) is 2.72. The van der Waals surface area contributed by atoms with Crippen molar-refractivity contribution in [2.75, 3.05) is 4.90 Å². The van der Waals surface area contributed by atoms with Gasteiger partial charge in [0.15, 0.2) is 0 Å². The Balaban J connectivity index is 1.88. The summed E-state index contributed by atoms with van der Waals surface area (Å²) in [7, 11) is 0. The summed E-state index contributed by atoms with van der Waals surface area (Å²) in [6.45, 7) is 0. The summed E-state index contributed by atoms with van der Waals surface area (Å²) in [6, 6.07) is 19.8. The molecule has 21 heavy (non-hydrogen) atoms. The molecule has 0 unspecified atom stereocenters. The molecular weight excluding hydrogens is 390 g/mol. The van der Waals surface area contributed by atoms with E-state index < -0.39 is 0 Å². The first-order valence-corrected chi connectivity index (χ1v) is 10.2. The second-order valence-electron chi connectivity index (χ2n) is 4.94. The number of hydrogen-bond acceptors (Lipinski definition) is 2. The van der Waals surface area contributed by atoms with Gasteiger partial charge in [0.05, 0.1) is 0 Å². The molecule has 2 aliphatic heterocycles. The van der Waals surface area contributed by atoms with Crippen LogP contribution in [0.4, 0.5) is 17.2 Å². The summed E-state index contributed by atoms with van der Waals surface area (Å²) in [4.78, 5) is 7.07. The third-order valence-electron chi connectivity index (χ3n) is 3.69. The minimum absolute atomic E-state index is 0.355. The zero-order valence-corrected chi connectivity index (χ0v) is 14.4. The maximum atomic E-state index is 4.69. The number of aromatic nitrogens is 1. The van der Waals surface area contributed by atoms with Gasteiger partial charge in [-0.25, -0.2) is 0 Å². The summed E-state index contributed by atoms with van der Waals surface area (Å²) >= 11 is 0.745. The predicted molar refractivity (Wildman–Crippen MR) is 89.0 cm³/mol. The molecule has 0 saturated carbocycles. The van der Waals surface area contributed by atoms with Crippen LogP contribution in [0.2, 0.25) is 0 Å². The van der Waals surface area contributed by atoms with E-state index in [0.717, 1.165) is 5.82 Å². The Kier molecular flexibility index (Phi) is 2.55. The summed E-state index contributed by atoms with van der Waals surface area (Å²) in [5, 5.41) is 0. The summed E-state index contributed by atoms with van der Waals surface area (Å²) in [5.74, 6) is 1.13. The Morgan fingerprint density at radius 1 is 0.714 bits per heavy atom. The molecule has 100 valence electrons. The molecule has 0 aliphatic carbocycles. The average Bonchev–Trinajstić information content (AvgIpc) is 2.54. The predicted octanol–water partition coefficient (Wildman–Crippen LogP) is 0.488. The summed E-state index contributed by atoms with van der Waals surface area (Å²) < 4.78 is 5.79. The van der Waals surface area contributed by atoms with Crippen molar-refractivity contribution in [1.29, 1.82) is 0 Å². The second kappa shape index (κ2) is 4.46. The zero-order chi connectivity index (χ0) is 13.8. The molecule has 0 amide bonds. The first-order valence-electron chi connectivity index (χ1n) is 6.75. The summed E-state index contributed by atoms with van der Waals surface area (Å²) in [6.07, 6.45) is 1.91. The Morgan fingerprint density at radius 2 is 1.43 bits per heavy atom. The fourth-order valence-electron chi connectivity index (χ4n) is 2.82. The van der Waals surface area contributed by atoms with Gasteiger partial charge in [-0.3, -0.25) is 0 Å². The average molecular weight is 400 g/mol. The second-order valence-corrected chi connectivity index (χ2v) is 9.48. The Labute approximate surface area is 135 Å². The van der Waals surface area contributed by atoms with Crippen molar-refractivity contribution in [3.63, 3.8) is 0 Å². The molecule has 0 atom stereocenters. The van der Waals surface area contributed by atoms with E-state index in [9.17, 15) is 0 Å². The van der Waals surface area contributed by atoms with Crippen LogP contribution in [0.1, 0.15) is 0 Å². The van der Waals surface area contributed by atoms with Crippen LogP contribution in [0.25, 0.3) is 0 Å². The molecule has 2 nitrogen and oxygen atoms in total. The van der Waals surface area contributed by atoms with Crippen LogP contribution in [-0.4, -0.2) is 34.9 Å². The molecule has 0 saturated heterocycles. The number of rotatable bonds is 0. The number of para-hydroxylation sites is 2. The standard InChI is InChI=1S/C17H10N2Se2/c1-2-6-12-11(5-1)19-16-13(20-12)7-3-8-14(16)21-15-9-4-10-18-17(15)19/h1-10H. The van der Waals surface area contributed by atoms with Gasteiger partial charge >= 0.3 is 136 Å². The molecule has 0 bridgehead atoms. The third kappa shape index (κ3) is 1.68. The number of hydrogen-bond donors (Lipinski definition) is 0. The topological polar surface area (TPSA) is 16.1 Å². The van der Waals surface area contributed by atoms with E-state index in [1.165, 1.54) is 29.2 Å². The molecule has 3 heterocycles. The van der Waals surface area contributed by atoms with Crippen LogP contribution in [0.5, 0.6) is 0 Å². The molecule has 5 rings (SSSR count). The van der Waals surface area contributed by atoms with Crippen molar-refractivity contribution < 1.29 is 0 Å². The van der Waals surface area contributed by atoms with Gasteiger partial charge in [-0.15, -0.1) is 0 Å². The molecule has 2 aromatic carbocycles. The number of fused-ring (bicyclic) bond motifs is 4. The Hall–Kier alpha value is -1.57. The van der Waals surface area contributed by atoms with Gasteiger partial charge < -0.3 is 0 Å². The zero-order valence-electron chi connectivity index (χ0n) is 11.0. The van der Waals surface area contributed by atoms with Gasteiger partial charge in [0.25, 0.3) is 0 Å². The number of anilines is 3. The van der Waals surface area contributed by atoms with E-state index in [1.807, 2.05) is 6.20 Å². The van der Waals surface area contributed by atoms with Gasteiger partial charge in [-0.2, -0.15) is 0 Å². The van der Waals surface area contributed by atoms with Gasteiger partial charge in [0.2, 0.25) is 0 Å². The SMILES string of the molecule is c1ccc2c(c1)[Se]c1cccc3c1N2c1ncccc1[Se]3. The Morgan fingerprint density at radius 3 is 2.33 bits per heavy atom. The van der Waals surface area contributed by atoms with Crippen LogP contribution >= 0.6 is 0 Å². The quantitative estimate of drug-likeness (QED) is 0.352. The van der Waals surface area contributed by atoms with Crippen molar-refractivity contribution in [2.24, 2.45) is 0 Å². The molecule has 0 N–H and O–H groups in total. The number of pyridine rings is 1. The maximum absolute atomic E-state index is 4.69. The van der Waals surface area contributed by atoms with E-state index in [2.05, 4.69) is 59.5 Å². The molecular formula is C17H10N2Se2. The van der Waals surface area contributed by atoms with Crippen molar-refractivity contribution >= 4 is 65.0 Å². The van der Waals surface area contributed by atoms with E-state index in [-0.39, 0.29) is 0 Å². The molecule has 0 spiro atoms. The molecule has 0 fully saturated rings. The van der Waals surface area contributed by atoms with Crippen LogP contribution in [0.15, 0.2) is 60.8 Å². The van der Waals surface area contributed by atoms with E-state index >= 15 is 0 Å². The third-order valence-corrected chi connectivity index (χ3v) is 8.32. The van der Waals surface area contributed by atoms with Crippen molar-refractivity contribution in [2.45, 2.75) is 0 Å². The first-order chi connectivity index (χ1) is 10.4. The van der Waals surface area contributed by atoms with E-state index in [4.69, 9.17) is 4.98 Å². The van der Waals surface area contributed by atoms with Gasteiger partial charge in [0, 0.05) is 0 Å². The Bertz CT molecular complexity index is 808. The number of nitrogens with zero attached hydrogens (tertiary/aromatic N) is 2. The van der Waals surface area contributed by atoms with Crippen LogP contribution in [-0.2, 0) is 0 Å². The van der Waals surface area contributed by atoms with E-state index in [1.54, 1.807) is 0 Å². The minimum atomic E-state index is 0.355. The van der Waals surface area contributed by atoms with Crippen LogP contribution < -0.4 is 22.7 Å². The molecule has 4 heteroatoms. The first kappa shape index (κ1) is 12.0. The monoisotopic (exact) mass is 402 g/mol. The van der Waals surface area contributed by atoms with Crippen molar-refractivity contribution in [3.05, 3.63) is 60.8 Å². The normalized spacial score (nSPS) is 14.2. The molecule has 2 aliphatic rings. The van der Waals surface area contributed by atoms with Crippen LogP contribution in [0, 0.1) is 0 Å². The molecule has 3 aromatic rings. The van der Waals surface area contributed by atoms with Crippen molar-refractivity contribution in [3.8, 4) is 0 Å². The number of benzene rings is 2. The van der Waals surface area contributed by atoms with Gasteiger partial charge in [-0.1, -0.05) is 0 Å².